The van der Waals surface area contributed by atoms with E-state index < -0.39 is 0 Å². The summed E-state index contributed by atoms with van der Waals surface area (Å²) in [4.78, 5) is 0. The number of benzene rings is 1. The molecule has 1 fully saturated rings. The molecule has 1 aromatic carbocycles. The Balaban J connectivity index is 1.63. The molecule has 118 valence electrons. The lowest BCUT2D eigenvalue weighted by atomic mass is 10.2. The van der Waals surface area contributed by atoms with Crippen LogP contribution in [0.4, 0.5) is 0 Å². The van der Waals surface area contributed by atoms with Crippen LogP contribution in [0.1, 0.15) is 38.7 Å². The smallest absolute Gasteiger partial charge is 0.123 e. The Bertz CT molecular complexity index is 402. The lowest BCUT2D eigenvalue weighted by Gasteiger charge is -2.13. The summed E-state index contributed by atoms with van der Waals surface area (Å²) in [5, 5.41) is 3.46. The van der Waals surface area contributed by atoms with Gasteiger partial charge < -0.3 is 14.8 Å². The normalized spacial score (nSPS) is 14.6. The van der Waals surface area contributed by atoms with Crippen LogP contribution < -0.4 is 10.1 Å². The van der Waals surface area contributed by atoms with E-state index in [1.54, 1.807) is 0 Å². The van der Waals surface area contributed by atoms with Crippen LogP contribution in [0.2, 0.25) is 0 Å². The Kier molecular flexibility index (Phi) is 7.04. The molecule has 1 aromatic rings. The van der Waals surface area contributed by atoms with Crippen LogP contribution in [-0.4, -0.2) is 26.4 Å². The van der Waals surface area contributed by atoms with Crippen molar-refractivity contribution >= 4 is 0 Å². The quantitative estimate of drug-likeness (QED) is 0.632. The Morgan fingerprint density at radius 3 is 2.71 bits per heavy atom. The highest BCUT2D eigenvalue weighted by Crippen LogP contribution is 2.32. The molecule has 0 aromatic heterocycles. The van der Waals surface area contributed by atoms with Crippen molar-refractivity contribution in [3.63, 3.8) is 0 Å². The van der Waals surface area contributed by atoms with Gasteiger partial charge in [0.15, 0.2) is 0 Å². The molecule has 3 nitrogen and oxygen atoms in total. The molecule has 0 atom stereocenters. The fourth-order valence-electron chi connectivity index (χ4n) is 2.26. The Morgan fingerprint density at radius 1 is 1.14 bits per heavy atom. The summed E-state index contributed by atoms with van der Waals surface area (Å²) in [6.45, 7) is 8.51. The number of hydrogen-bond acceptors (Lipinski definition) is 3. The first kappa shape index (κ1) is 16.3. The topological polar surface area (TPSA) is 30.5 Å². The van der Waals surface area contributed by atoms with Crippen LogP contribution in [-0.2, 0) is 11.3 Å². The third kappa shape index (κ3) is 6.96. The fourth-order valence-corrected chi connectivity index (χ4v) is 2.26. The summed E-state index contributed by atoms with van der Waals surface area (Å²) in [6.07, 6.45) is 4.02. The van der Waals surface area contributed by atoms with E-state index in [2.05, 4.69) is 31.3 Å². The summed E-state index contributed by atoms with van der Waals surface area (Å²) in [5.74, 6) is 2.58. The van der Waals surface area contributed by atoms with Gasteiger partial charge in [0.2, 0.25) is 0 Å². The molecule has 1 aliphatic carbocycles. The van der Waals surface area contributed by atoms with E-state index in [-0.39, 0.29) is 0 Å². The van der Waals surface area contributed by atoms with Crippen LogP contribution in [0, 0.1) is 11.8 Å². The summed E-state index contributed by atoms with van der Waals surface area (Å²) in [5.41, 5.74) is 1.22. The highest BCUT2D eigenvalue weighted by atomic mass is 16.5. The zero-order valence-electron chi connectivity index (χ0n) is 13.4. The third-order valence-electron chi connectivity index (χ3n) is 3.69. The molecule has 1 aliphatic rings. The van der Waals surface area contributed by atoms with Crippen LogP contribution in [0.5, 0.6) is 5.75 Å². The maximum absolute atomic E-state index is 5.85. The minimum Gasteiger partial charge on any atom is -0.491 e. The molecule has 1 N–H and O–H groups in total. The molecule has 0 unspecified atom stereocenters. The molecule has 0 saturated heterocycles. The van der Waals surface area contributed by atoms with Crippen molar-refractivity contribution in [3.05, 3.63) is 29.8 Å². The Morgan fingerprint density at radius 2 is 1.95 bits per heavy atom. The first-order chi connectivity index (χ1) is 10.3. The van der Waals surface area contributed by atoms with Crippen molar-refractivity contribution in [2.45, 2.75) is 39.7 Å². The van der Waals surface area contributed by atoms with Gasteiger partial charge in [-0.2, -0.15) is 0 Å². The largest absolute Gasteiger partial charge is 0.491 e. The Labute approximate surface area is 129 Å². The van der Waals surface area contributed by atoms with Gasteiger partial charge in [0.05, 0.1) is 6.61 Å². The van der Waals surface area contributed by atoms with Gasteiger partial charge in [0.1, 0.15) is 12.4 Å². The van der Waals surface area contributed by atoms with E-state index in [4.69, 9.17) is 9.47 Å². The molecule has 0 amide bonds. The molecule has 0 spiro atoms. The van der Waals surface area contributed by atoms with Crippen molar-refractivity contribution < 1.29 is 9.47 Å². The van der Waals surface area contributed by atoms with E-state index >= 15 is 0 Å². The fraction of sp³-hybridized carbons (Fsp3) is 0.667. The van der Waals surface area contributed by atoms with E-state index in [9.17, 15) is 0 Å². The van der Waals surface area contributed by atoms with Gasteiger partial charge in [-0.1, -0.05) is 44.9 Å². The molecule has 21 heavy (non-hydrogen) atoms. The molecular formula is C18H29NO2. The predicted molar refractivity (Wildman–Crippen MR) is 86.6 cm³/mol. The predicted octanol–water partition coefficient (Wildman–Crippen LogP) is 3.63. The van der Waals surface area contributed by atoms with Gasteiger partial charge in [-0.15, -0.1) is 0 Å². The average Bonchev–Trinajstić information content (AvgIpc) is 3.28. The van der Waals surface area contributed by atoms with Crippen molar-refractivity contribution in [1.29, 1.82) is 0 Å². The molecule has 2 rings (SSSR count). The third-order valence-corrected chi connectivity index (χ3v) is 3.69. The number of para-hydroxylation sites is 1. The number of ether oxygens (including phenoxy) is 2. The molecule has 0 heterocycles. The molecule has 0 radical (unpaired) electrons. The second kappa shape index (κ2) is 9.06. The highest BCUT2D eigenvalue weighted by molar-refractivity contribution is 5.33. The van der Waals surface area contributed by atoms with Gasteiger partial charge >= 0.3 is 0 Å². The van der Waals surface area contributed by atoms with E-state index in [1.165, 1.54) is 24.8 Å². The SMILES string of the molecule is CC(C)CNCc1ccccc1OCCOCCC1CC1. The summed E-state index contributed by atoms with van der Waals surface area (Å²) in [6, 6.07) is 8.24. The maximum atomic E-state index is 5.85. The van der Waals surface area contributed by atoms with E-state index in [1.807, 2.05) is 12.1 Å². The van der Waals surface area contributed by atoms with Crippen LogP contribution >= 0.6 is 0 Å². The lowest BCUT2D eigenvalue weighted by Crippen LogP contribution is -2.19. The minimum absolute atomic E-state index is 0.631. The number of nitrogens with one attached hydrogen (secondary N) is 1. The minimum atomic E-state index is 0.631. The summed E-state index contributed by atoms with van der Waals surface area (Å²) >= 11 is 0. The second-order valence-electron chi connectivity index (χ2n) is 6.33. The van der Waals surface area contributed by atoms with Crippen molar-refractivity contribution in [1.82, 2.24) is 5.32 Å². The first-order valence-electron chi connectivity index (χ1n) is 8.25. The maximum Gasteiger partial charge on any atom is 0.123 e. The van der Waals surface area contributed by atoms with Crippen LogP contribution in [0.15, 0.2) is 24.3 Å². The van der Waals surface area contributed by atoms with E-state index in [0.717, 1.165) is 31.4 Å². The van der Waals surface area contributed by atoms with Crippen LogP contribution in [0.3, 0.4) is 0 Å². The summed E-state index contributed by atoms with van der Waals surface area (Å²) in [7, 11) is 0. The number of rotatable bonds is 11. The average molecular weight is 291 g/mol. The lowest BCUT2D eigenvalue weighted by molar-refractivity contribution is 0.0955. The van der Waals surface area contributed by atoms with Crippen molar-refractivity contribution in [3.8, 4) is 5.75 Å². The molecule has 0 bridgehead atoms. The highest BCUT2D eigenvalue weighted by Gasteiger charge is 2.20. The van der Waals surface area contributed by atoms with Gasteiger partial charge in [0, 0.05) is 18.7 Å². The van der Waals surface area contributed by atoms with Gasteiger partial charge in [-0.3, -0.25) is 0 Å². The van der Waals surface area contributed by atoms with Crippen LogP contribution in [0.25, 0.3) is 0 Å². The second-order valence-corrected chi connectivity index (χ2v) is 6.33. The van der Waals surface area contributed by atoms with Crippen molar-refractivity contribution in [2.75, 3.05) is 26.4 Å². The van der Waals surface area contributed by atoms with Gasteiger partial charge in [-0.25, -0.2) is 0 Å². The molecule has 1 saturated carbocycles. The standard InChI is InChI=1S/C18H29NO2/c1-15(2)13-19-14-17-5-3-4-6-18(17)21-12-11-20-10-9-16-7-8-16/h3-6,15-16,19H,7-14H2,1-2H3. The van der Waals surface area contributed by atoms with Gasteiger partial charge in [0.25, 0.3) is 0 Å². The van der Waals surface area contributed by atoms with Crippen molar-refractivity contribution in [2.24, 2.45) is 11.8 Å². The zero-order chi connectivity index (χ0) is 14.9. The molecule has 3 heteroatoms. The summed E-state index contributed by atoms with van der Waals surface area (Å²) < 4.78 is 11.5. The first-order valence-corrected chi connectivity index (χ1v) is 8.25. The molecular weight excluding hydrogens is 262 g/mol. The van der Waals surface area contributed by atoms with Gasteiger partial charge in [-0.05, 0) is 30.9 Å². The monoisotopic (exact) mass is 291 g/mol. The number of hydrogen-bond donors (Lipinski definition) is 1. The zero-order valence-corrected chi connectivity index (χ0v) is 13.4. The Hall–Kier alpha value is -1.06. The van der Waals surface area contributed by atoms with E-state index in [0.29, 0.717) is 19.1 Å². The molecule has 0 aliphatic heterocycles.